The Morgan fingerprint density at radius 2 is 1.41 bits per heavy atom. The number of halogens is 5. The fourth-order valence-electron chi connectivity index (χ4n) is 2.72. The second-order valence-electron chi connectivity index (χ2n) is 6.01. The van der Waals surface area contributed by atoms with Crippen LogP contribution in [0.25, 0.3) is 11.1 Å². The molecule has 0 unspecified atom stereocenters. The highest BCUT2D eigenvalue weighted by atomic mass is 19.2. The maximum atomic E-state index is 13.8. The summed E-state index contributed by atoms with van der Waals surface area (Å²) in [6.07, 6.45) is 1.94. The van der Waals surface area contributed by atoms with Gasteiger partial charge in [0.05, 0.1) is 0 Å². The molecule has 0 saturated carbocycles. The molecule has 0 saturated heterocycles. The average Bonchev–Trinajstić information content (AvgIpc) is 2.69. The molecule has 0 amide bonds. The predicted octanol–water partition coefficient (Wildman–Crippen LogP) is 6.55. The Labute approximate surface area is 153 Å². The molecule has 0 atom stereocenters. The highest BCUT2D eigenvalue weighted by Crippen LogP contribution is 2.30. The molecule has 0 aliphatic rings. The van der Waals surface area contributed by atoms with E-state index in [1.54, 1.807) is 12.1 Å². The number of nitrogens with one attached hydrogen (secondary N) is 1. The van der Waals surface area contributed by atoms with Gasteiger partial charge in [0.1, 0.15) is 5.69 Å². The van der Waals surface area contributed by atoms with E-state index in [0.717, 1.165) is 29.5 Å². The van der Waals surface area contributed by atoms with E-state index in [2.05, 4.69) is 18.3 Å². The Morgan fingerprint density at radius 3 is 2.00 bits per heavy atom. The van der Waals surface area contributed by atoms with Crippen LogP contribution in [0.2, 0.25) is 0 Å². The van der Waals surface area contributed by atoms with Gasteiger partial charge in [-0.2, -0.15) is 0 Å². The van der Waals surface area contributed by atoms with E-state index in [0.29, 0.717) is 0 Å². The first-order valence-corrected chi connectivity index (χ1v) is 8.31. The summed E-state index contributed by atoms with van der Waals surface area (Å²) in [6, 6.07) is 15.2. The minimum atomic E-state index is -2.19. The Bertz CT molecular complexity index is 938. The van der Waals surface area contributed by atoms with Crippen molar-refractivity contribution in [2.75, 3.05) is 5.32 Å². The lowest BCUT2D eigenvalue weighted by Gasteiger charge is -2.11. The van der Waals surface area contributed by atoms with Gasteiger partial charge in [-0.15, -0.1) is 0 Å². The van der Waals surface area contributed by atoms with Crippen molar-refractivity contribution in [1.29, 1.82) is 0 Å². The third kappa shape index (κ3) is 3.79. The first-order valence-electron chi connectivity index (χ1n) is 8.31. The first kappa shape index (κ1) is 18.9. The van der Waals surface area contributed by atoms with E-state index in [1.165, 1.54) is 12.1 Å². The van der Waals surface area contributed by atoms with Crippen LogP contribution in [0.5, 0.6) is 0 Å². The molecular formula is C21H15F5N. The summed E-state index contributed by atoms with van der Waals surface area (Å²) < 4.78 is 67.2. The molecule has 3 aromatic rings. The highest BCUT2D eigenvalue weighted by Gasteiger charge is 2.25. The van der Waals surface area contributed by atoms with Gasteiger partial charge in [0.2, 0.25) is 5.82 Å². The second-order valence-corrected chi connectivity index (χ2v) is 6.01. The average molecular weight is 376 g/mol. The van der Waals surface area contributed by atoms with Crippen LogP contribution in [0, 0.1) is 35.2 Å². The van der Waals surface area contributed by atoms with Gasteiger partial charge in [-0.3, -0.25) is 0 Å². The molecule has 3 rings (SSSR count). The highest BCUT2D eigenvalue weighted by molar-refractivity contribution is 5.69. The Hall–Kier alpha value is -2.89. The third-order valence-corrected chi connectivity index (χ3v) is 4.08. The van der Waals surface area contributed by atoms with Crippen LogP contribution >= 0.6 is 0 Å². The molecule has 27 heavy (non-hydrogen) atoms. The number of hydrogen-bond acceptors (Lipinski definition) is 1. The standard InChI is InChI=1S/C21H15F5N/c1-2-4-12-5-3-6-14(11-12)13-7-9-15(10-8-13)27-21-19(25)17(23)16(22)18(24)20(21)26/h3,5,7-11,27H,2,4H2,1H3. The van der Waals surface area contributed by atoms with Gasteiger partial charge in [0.15, 0.2) is 23.3 Å². The number of hydrogen-bond donors (Lipinski definition) is 1. The van der Waals surface area contributed by atoms with Gasteiger partial charge in [0.25, 0.3) is 0 Å². The smallest absolute Gasteiger partial charge is 0.200 e. The maximum absolute atomic E-state index is 13.8. The van der Waals surface area contributed by atoms with E-state index < -0.39 is 34.8 Å². The van der Waals surface area contributed by atoms with Crippen molar-refractivity contribution in [3.8, 4) is 11.1 Å². The molecule has 139 valence electrons. The summed E-state index contributed by atoms with van der Waals surface area (Å²) in [7, 11) is 0. The molecule has 0 heterocycles. The van der Waals surface area contributed by atoms with E-state index in [-0.39, 0.29) is 5.69 Å². The normalized spacial score (nSPS) is 10.9. The van der Waals surface area contributed by atoms with Crippen molar-refractivity contribution >= 4 is 11.4 Å². The van der Waals surface area contributed by atoms with Gasteiger partial charge in [-0.05, 0) is 41.3 Å². The van der Waals surface area contributed by atoms with E-state index in [4.69, 9.17) is 0 Å². The van der Waals surface area contributed by atoms with Gasteiger partial charge in [-0.1, -0.05) is 43.7 Å². The zero-order valence-corrected chi connectivity index (χ0v) is 14.3. The molecule has 0 aromatic heterocycles. The molecule has 0 aliphatic carbocycles. The second kappa shape index (κ2) is 7.78. The van der Waals surface area contributed by atoms with E-state index >= 15 is 0 Å². The largest absolute Gasteiger partial charge is 0.351 e. The van der Waals surface area contributed by atoms with Crippen LogP contribution in [-0.4, -0.2) is 0 Å². The number of benzene rings is 3. The minimum absolute atomic E-state index is 0.187. The van der Waals surface area contributed by atoms with Crippen molar-refractivity contribution in [1.82, 2.24) is 0 Å². The lowest BCUT2D eigenvalue weighted by molar-refractivity contribution is 0.382. The zero-order chi connectivity index (χ0) is 19.6. The van der Waals surface area contributed by atoms with E-state index in [1.807, 2.05) is 18.2 Å². The third-order valence-electron chi connectivity index (χ3n) is 4.08. The zero-order valence-electron chi connectivity index (χ0n) is 14.3. The Kier molecular flexibility index (Phi) is 5.44. The van der Waals surface area contributed by atoms with Crippen molar-refractivity contribution in [2.45, 2.75) is 19.8 Å². The SMILES string of the molecule is CCCc1cc[c]c(-c2ccc(Nc3c(F)c(F)c(F)c(F)c3F)cc2)c1. The van der Waals surface area contributed by atoms with Crippen LogP contribution < -0.4 is 5.32 Å². The molecule has 0 aliphatic heterocycles. The topological polar surface area (TPSA) is 12.0 Å². The molecule has 1 nitrogen and oxygen atoms in total. The van der Waals surface area contributed by atoms with Crippen molar-refractivity contribution in [2.24, 2.45) is 0 Å². The molecular weight excluding hydrogens is 361 g/mol. The molecule has 0 spiro atoms. The summed E-state index contributed by atoms with van der Waals surface area (Å²) in [5, 5.41) is 2.25. The number of aryl methyl sites for hydroxylation is 1. The monoisotopic (exact) mass is 376 g/mol. The summed E-state index contributed by atoms with van der Waals surface area (Å²) in [5.41, 5.74) is 1.93. The van der Waals surface area contributed by atoms with Crippen LogP contribution in [0.15, 0.2) is 42.5 Å². The van der Waals surface area contributed by atoms with Crippen LogP contribution in [0.4, 0.5) is 33.3 Å². The molecule has 1 N–H and O–H groups in total. The molecule has 0 bridgehead atoms. The lowest BCUT2D eigenvalue weighted by Crippen LogP contribution is -2.06. The maximum Gasteiger partial charge on any atom is 0.200 e. The Balaban J connectivity index is 1.88. The molecule has 6 heteroatoms. The van der Waals surface area contributed by atoms with Crippen molar-refractivity contribution in [3.05, 3.63) is 83.2 Å². The number of rotatable bonds is 5. The predicted molar refractivity (Wildman–Crippen MR) is 94.2 cm³/mol. The summed E-state index contributed by atoms with van der Waals surface area (Å²) in [4.78, 5) is 0. The molecule has 3 aromatic carbocycles. The van der Waals surface area contributed by atoms with Crippen molar-refractivity contribution < 1.29 is 22.0 Å². The Morgan fingerprint density at radius 1 is 0.815 bits per heavy atom. The fourth-order valence-corrected chi connectivity index (χ4v) is 2.72. The minimum Gasteiger partial charge on any atom is -0.351 e. The van der Waals surface area contributed by atoms with Gasteiger partial charge in [0, 0.05) is 5.69 Å². The summed E-state index contributed by atoms with van der Waals surface area (Å²) in [5.74, 6) is -9.98. The fraction of sp³-hybridized carbons (Fsp3) is 0.143. The van der Waals surface area contributed by atoms with Crippen molar-refractivity contribution in [3.63, 3.8) is 0 Å². The van der Waals surface area contributed by atoms with Gasteiger partial charge >= 0.3 is 0 Å². The molecule has 0 fully saturated rings. The first-order chi connectivity index (χ1) is 12.9. The van der Waals surface area contributed by atoms with Crippen LogP contribution in [0.3, 0.4) is 0 Å². The quantitative estimate of drug-likeness (QED) is 0.303. The van der Waals surface area contributed by atoms with Gasteiger partial charge in [-0.25, -0.2) is 22.0 Å². The molecule has 1 radical (unpaired) electrons. The number of anilines is 2. The van der Waals surface area contributed by atoms with Crippen LogP contribution in [0.1, 0.15) is 18.9 Å². The lowest BCUT2D eigenvalue weighted by atomic mass is 10.0. The summed E-state index contributed by atoms with van der Waals surface area (Å²) in [6.45, 7) is 2.08. The van der Waals surface area contributed by atoms with Crippen LogP contribution in [-0.2, 0) is 6.42 Å². The van der Waals surface area contributed by atoms with E-state index in [9.17, 15) is 22.0 Å². The van der Waals surface area contributed by atoms with Gasteiger partial charge < -0.3 is 5.32 Å². The summed E-state index contributed by atoms with van der Waals surface area (Å²) >= 11 is 0.